The van der Waals surface area contributed by atoms with Gasteiger partial charge in [0.1, 0.15) is 0 Å². The zero-order valence-electron chi connectivity index (χ0n) is 9.00. The van der Waals surface area contributed by atoms with Gasteiger partial charge in [-0.25, -0.2) is 0 Å². The first-order valence-corrected chi connectivity index (χ1v) is 5.12. The zero-order valence-corrected chi connectivity index (χ0v) is 9.00. The Labute approximate surface area is 85.1 Å². The highest BCUT2D eigenvalue weighted by Gasteiger charge is 2.50. The molecule has 2 rings (SSSR count). The van der Waals surface area contributed by atoms with Crippen LogP contribution >= 0.6 is 0 Å². The van der Waals surface area contributed by atoms with Crippen LogP contribution in [0.5, 0.6) is 0 Å². The molecule has 0 radical (unpaired) electrons. The average Bonchev–Trinajstić information content (AvgIpc) is 2.75. The smallest absolute Gasteiger partial charge is 0.166 e. The van der Waals surface area contributed by atoms with Gasteiger partial charge >= 0.3 is 0 Å². The van der Waals surface area contributed by atoms with Crippen molar-refractivity contribution >= 4 is 5.78 Å². The molecule has 0 bridgehead atoms. The van der Waals surface area contributed by atoms with Crippen molar-refractivity contribution in [2.45, 2.75) is 27.2 Å². The second kappa shape index (κ2) is 2.94. The molecular weight excluding hydrogens is 172 g/mol. The first kappa shape index (κ1) is 9.45. The van der Waals surface area contributed by atoms with E-state index in [1.807, 2.05) is 31.2 Å². The highest BCUT2D eigenvalue weighted by Crippen LogP contribution is 2.53. The fourth-order valence-corrected chi connectivity index (χ4v) is 1.95. The van der Waals surface area contributed by atoms with Gasteiger partial charge in [-0.1, -0.05) is 38.1 Å². The molecule has 0 heterocycles. The minimum absolute atomic E-state index is 0.235. The number of hydrogen-bond acceptors (Lipinski definition) is 1. The Morgan fingerprint density at radius 1 is 1.36 bits per heavy atom. The molecule has 0 spiro atoms. The van der Waals surface area contributed by atoms with Gasteiger partial charge in [-0.2, -0.15) is 0 Å². The Morgan fingerprint density at radius 2 is 1.93 bits per heavy atom. The number of aryl methyl sites for hydroxylation is 1. The van der Waals surface area contributed by atoms with E-state index in [0.717, 1.165) is 17.5 Å². The number of Topliss-reactive ketones (excluding diaryl/α,β-unsaturated/α-hetero) is 1. The van der Waals surface area contributed by atoms with E-state index in [1.54, 1.807) is 0 Å². The van der Waals surface area contributed by atoms with Crippen LogP contribution in [0.4, 0.5) is 0 Å². The van der Waals surface area contributed by atoms with Crippen molar-refractivity contribution in [1.29, 1.82) is 0 Å². The molecule has 1 aliphatic rings. The highest BCUT2D eigenvalue weighted by molar-refractivity contribution is 6.01. The van der Waals surface area contributed by atoms with Crippen molar-refractivity contribution in [3.63, 3.8) is 0 Å². The van der Waals surface area contributed by atoms with Crippen LogP contribution in [-0.2, 0) is 0 Å². The van der Waals surface area contributed by atoms with Crippen LogP contribution in [0.15, 0.2) is 24.3 Å². The third-order valence-electron chi connectivity index (χ3n) is 3.24. The molecule has 1 saturated carbocycles. The van der Waals surface area contributed by atoms with E-state index in [4.69, 9.17) is 0 Å². The Bertz CT molecular complexity index is 377. The molecule has 0 aliphatic heterocycles. The Morgan fingerprint density at radius 3 is 2.43 bits per heavy atom. The maximum absolute atomic E-state index is 12.0. The Kier molecular flexibility index (Phi) is 1.99. The van der Waals surface area contributed by atoms with E-state index >= 15 is 0 Å². The number of rotatable bonds is 2. The molecule has 1 aromatic rings. The second-order valence-electron chi connectivity index (χ2n) is 4.92. The molecule has 0 aromatic heterocycles. The lowest BCUT2D eigenvalue weighted by Gasteiger charge is -2.05. The lowest BCUT2D eigenvalue weighted by atomic mass is 9.98. The van der Waals surface area contributed by atoms with E-state index in [-0.39, 0.29) is 11.3 Å². The summed E-state index contributed by atoms with van der Waals surface area (Å²) in [5, 5.41) is 0. The topological polar surface area (TPSA) is 17.1 Å². The normalized spacial score (nSPS) is 23.2. The summed E-state index contributed by atoms with van der Waals surface area (Å²) in [6, 6.07) is 7.86. The molecule has 0 amide bonds. The molecule has 1 aromatic carbocycles. The maximum Gasteiger partial charge on any atom is 0.166 e. The van der Waals surface area contributed by atoms with Gasteiger partial charge in [0.2, 0.25) is 0 Å². The summed E-state index contributed by atoms with van der Waals surface area (Å²) in [4.78, 5) is 12.0. The van der Waals surface area contributed by atoms with Crippen molar-refractivity contribution < 1.29 is 4.79 Å². The summed E-state index contributed by atoms with van der Waals surface area (Å²) in [6.07, 6.45) is 1.04. The third-order valence-corrected chi connectivity index (χ3v) is 3.24. The standard InChI is InChI=1S/C13H16O/c1-9-6-4-5-7-10(9)12(14)11-8-13(11,2)3/h4-7,11H,8H2,1-3H3. The van der Waals surface area contributed by atoms with Crippen molar-refractivity contribution in [3.8, 4) is 0 Å². The number of benzene rings is 1. The SMILES string of the molecule is Cc1ccccc1C(=O)C1CC1(C)C. The summed E-state index contributed by atoms with van der Waals surface area (Å²) < 4.78 is 0. The van der Waals surface area contributed by atoms with E-state index in [1.165, 1.54) is 0 Å². The fourth-order valence-electron chi connectivity index (χ4n) is 1.95. The molecule has 0 N–H and O–H groups in total. The van der Waals surface area contributed by atoms with Gasteiger partial charge in [0.05, 0.1) is 0 Å². The average molecular weight is 188 g/mol. The molecule has 1 atom stereocenters. The highest BCUT2D eigenvalue weighted by atomic mass is 16.1. The number of carbonyl (C=O) groups excluding carboxylic acids is 1. The lowest BCUT2D eigenvalue weighted by Crippen LogP contribution is -2.07. The van der Waals surface area contributed by atoms with Crippen LogP contribution in [0, 0.1) is 18.3 Å². The van der Waals surface area contributed by atoms with Gasteiger partial charge in [0.15, 0.2) is 5.78 Å². The van der Waals surface area contributed by atoms with Crippen LogP contribution in [-0.4, -0.2) is 5.78 Å². The van der Waals surface area contributed by atoms with Crippen LogP contribution in [0.2, 0.25) is 0 Å². The van der Waals surface area contributed by atoms with E-state index in [0.29, 0.717) is 5.78 Å². The summed E-state index contributed by atoms with van der Waals surface area (Å²) in [6.45, 7) is 6.32. The van der Waals surface area contributed by atoms with Crippen molar-refractivity contribution in [2.24, 2.45) is 11.3 Å². The number of carbonyl (C=O) groups is 1. The largest absolute Gasteiger partial charge is 0.294 e. The Hall–Kier alpha value is -1.11. The Balaban J connectivity index is 2.25. The monoisotopic (exact) mass is 188 g/mol. The van der Waals surface area contributed by atoms with E-state index < -0.39 is 0 Å². The lowest BCUT2D eigenvalue weighted by molar-refractivity contribution is 0.0952. The van der Waals surface area contributed by atoms with Gasteiger partial charge < -0.3 is 0 Å². The predicted octanol–water partition coefficient (Wildman–Crippen LogP) is 3.22. The molecule has 74 valence electrons. The molecule has 1 aliphatic carbocycles. The quantitative estimate of drug-likeness (QED) is 0.651. The number of hydrogen-bond donors (Lipinski definition) is 0. The first-order valence-electron chi connectivity index (χ1n) is 5.12. The van der Waals surface area contributed by atoms with Crippen LogP contribution < -0.4 is 0 Å². The summed E-state index contributed by atoms with van der Waals surface area (Å²) >= 11 is 0. The minimum Gasteiger partial charge on any atom is -0.294 e. The van der Waals surface area contributed by atoms with Gasteiger partial charge in [-0.05, 0) is 24.3 Å². The molecule has 1 heteroatoms. The van der Waals surface area contributed by atoms with Crippen molar-refractivity contribution in [3.05, 3.63) is 35.4 Å². The van der Waals surface area contributed by atoms with Gasteiger partial charge in [-0.15, -0.1) is 0 Å². The van der Waals surface area contributed by atoms with Crippen LogP contribution in [0.3, 0.4) is 0 Å². The van der Waals surface area contributed by atoms with Gasteiger partial charge in [0, 0.05) is 11.5 Å². The molecule has 1 nitrogen and oxygen atoms in total. The third kappa shape index (κ3) is 1.47. The zero-order chi connectivity index (χ0) is 10.3. The minimum atomic E-state index is 0.235. The molecule has 0 saturated heterocycles. The fraction of sp³-hybridized carbons (Fsp3) is 0.462. The molecule has 1 fully saturated rings. The summed E-state index contributed by atoms with van der Waals surface area (Å²) in [5.41, 5.74) is 2.24. The predicted molar refractivity (Wildman–Crippen MR) is 57.4 cm³/mol. The first-order chi connectivity index (χ1) is 6.52. The van der Waals surface area contributed by atoms with Gasteiger partial charge in [0.25, 0.3) is 0 Å². The summed E-state index contributed by atoms with van der Waals surface area (Å²) in [5.74, 6) is 0.580. The number of ketones is 1. The van der Waals surface area contributed by atoms with E-state index in [2.05, 4.69) is 13.8 Å². The molecule has 14 heavy (non-hydrogen) atoms. The maximum atomic E-state index is 12.0. The van der Waals surface area contributed by atoms with Crippen molar-refractivity contribution in [1.82, 2.24) is 0 Å². The molecular formula is C13H16O. The summed E-state index contributed by atoms with van der Waals surface area (Å²) in [7, 11) is 0. The van der Waals surface area contributed by atoms with Crippen LogP contribution in [0.1, 0.15) is 36.2 Å². The second-order valence-corrected chi connectivity index (χ2v) is 4.92. The van der Waals surface area contributed by atoms with Gasteiger partial charge in [-0.3, -0.25) is 4.79 Å². The van der Waals surface area contributed by atoms with Crippen LogP contribution in [0.25, 0.3) is 0 Å². The van der Waals surface area contributed by atoms with E-state index in [9.17, 15) is 4.79 Å². The molecule has 1 unspecified atom stereocenters. The van der Waals surface area contributed by atoms with Crippen molar-refractivity contribution in [2.75, 3.05) is 0 Å².